The molecule has 0 bridgehead atoms. The highest BCUT2D eigenvalue weighted by atomic mass is 35.5. The fourth-order valence-electron chi connectivity index (χ4n) is 3.24. The first-order valence-electron chi connectivity index (χ1n) is 7.16. The number of thioether (sulfide) groups is 1. The van der Waals surface area contributed by atoms with Crippen LogP contribution in [-0.2, 0) is 12.8 Å². The van der Waals surface area contributed by atoms with E-state index in [9.17, 15) is 0 Å². The second-order valence-corrected chi connectivity index (χ2v) is 7.91. The third-order valence-electron chi connectivity index (χ3n) is 4.44. The zero-order chi connectivity index (χ0) is 14.2. The van der Waals surface area contributed by atoms with Gasteiger partial charge >= 0.3 is 0 Å². The molecule has 1 saturated heterocycles. The zero-order valence-electron chi connectivity index (χ0n) is 11.7. The summed E-state index contributed by atoms with van der Waals surface area (Å²) in [5.74, 6) is 8.08. The lowest BCUT2D eigenvalue weighted by atomic mass is 9.90. The molecule has 0 amide bonds. The van der Waals surface area contributed by atoms with E-state index in [2.05, 4.69) is 12.3 Å². The van der Waals surface area contributed by atoms with Crippen molar-refractivity contribution >= 4 is 23.4 Å². The quantitative estimate of drug-likeness (QED) is 0.663. The summed E-state index contributed by atoms with van der Waals surface area (Å²) in [5.41, 5.74) is 5.44. The van der Waals surface area contributed by atoms with Crippen LogP contribution >= 0.6 is 23.4 Å². The van der Waals surface area contributed by atoms with Crippen LogP contribution in [0.2, 0.25) is 5.02 Å². The first-order valence-corrected chi connectivity index (χ1v) is 8.53. The number of nitrogens with two attached hydrogens (primary N) is 1. The van der Waals surface area contributed by atoms with E-state index in [4.69, 9.17) is 22.2 Å². The summed E-state index contributed by atoms with van der Waals surface area (Å²) < 4.78 is 5.99. The topological polar surface area (TPSA) is 47.3 Å². The molecule has 2 aliphatic rings. The van der Waals surface area contributed by atoms with Crippen molar-refractivity contribution in [2.24, 2.45) is 5.84 Å². The molecular weight excluding hydrogens is 292 g/mol. The van der Waals surface area contributed by atoms with Crippen LogP contribution < -0.4 is 16.0 Å². The second kappa shape index (κ2) is 5.76. The molecule has 2 unspecified atom stereocenters. The summed E-state index contributed by atoms with van der Waals surface area (Å²) in [6.45, 7) is 3.07. The summed E-state index contributed by atoms with van der Waals surface area (Å²) in [6, 6.07) is 4.28. The van der Waals surface area contributed by atoms with Crippen molar-refractivity contribution in [3.05, 3.63) is 28.3 Å². The standard InChI is InChI=1S/C15H21ClN2OS/c1-15(4-2-6-20-15)13(18-17)9-11-8-12(16)7-10-3-5-19-14(10)11/h7-8,13,18H,2-6,9,17H2,1H3. The zero-order valence-corrected chi connectivity index (χ0v) is 13.3. The Kier molecular flexibility index (Phi) is 4.18. The number of hydrogen-bond donors (Lipinski definition) is 2. The van der Waals surface area contributed by atoms with Crippen LogP contribution in [0.1, 0.15) is 30.9 Å². The summed E-state index contributed by atoms with van der Waals surface area (Å²) in [4.78, 5) is 0. The first-order chi connectivity index (χ1) is 9.62. The number of hydrogen-bond acceptors (Lipinski definition) is 4. The van der Waals surface area contributed by atoms with Gasteiger partial charge in [-0.25, -0.2) is 0 Å². The van der Waals surface area contributed by atoms with Gasteiger partial charge in [0, 0.05) is 22.2 Å². The molecule has 20 heavy (non-hydrogen) atoms. The second-order valence-electron chi connectivity index (χ2n) is 5.84. The Balaban J connectivity index is 1.86. The van der Waals surface area contributed by atoms with Gasteiger partial charge in [0.2, 0.25) is 0 Å². The van der Waals surface area contributed by atoms with Crippen molar-refractivity contribution in [2.75, 3.05) is 12.4 Å². The molecule has 3 nitrogen and oxygen atoms in total. The third kappa shape index (κ3) is 2.67. The predicted molar refractivity (Wildman–Crippen MR) is 85.6 cm³/mol. The normalized spacial score (nSPS) is 26.4. The molecule has 1 fully saturated rings. The molecule has 0 saturated carbocycles. The molecule has 1 aromatic carbocycles. The highest BCUT2D eigenvalue weighted by molar-refractivity contribution is 8.00. The highest BCUT2D eigenvalue weighted by Crippen LogP contribution is 2.42. The van der Waals surface area contributed by atoms with Crippen molar-refractivity contribution in [1.29, 1.82) is 0 Å². The Morgan fingerprint density at radius 2 is 2.40 bits per heavy atom. The van der Waals surface area contributed by atoms with Gasteiger partial charge in [-0.2, -0.15) is 11.8 Å². The van der Waals surface area contributed by atoms with Crippen molar-refractivity contribution < 1.29 is 4.74 Å². The van der Waals surface area contributed by atoms with Crippen LogP contribution in [0.3, 0.4) is 0 Å². The number of ether oxygens (including phenoxy) is 1. The Bertz CT molecular complexity index is 503. The molecule has 2 atom stereocenters. The van der Waals surface area contributed by atoms with Gasteiger partial charge in [-0.1, -0.05) is 11.6 Å². The molecule has 0 spiro atoms. The van der Waals surface area contributed by atoms with Gasteiger partial charge in [-0.05, 0) is 55.2 Å². The molecule has 0 radical (unpaired) electrons. The number of rotatable bonds is 4. The minimum Gasteiger partial charge on any atom is -0.493 e. The Morgan fingerprint density at radius 1 is 1.55 bits per heavy atom. The molecule has 2 aliphatic heterocycles. The summed E-state index contributed by atoms with van der Waals surface area (Å²) in [5, 5.41) is 0.796. The maximum absolute atomic E-state index is 6.24. The molecule has 3 N–H and O–H groups in total. The van der Waals surface area contributed by atoms with E-state index in [1.54, 1.807) is 0 Å². The fourth-order valence-corrected chi connectivity index (χ4v) is 4.90. The largest absolute Gasteiger partial charge is 0.493 e. The van der Waals surface area contributed by atoms with E-state index in [0.717, 1.165) is 30.2 Å². The summed E-state index contributed by atoms with van der Waals surface area (Å²) in [7, 11) is 0. The van der Waals surface area contributed by atoms with E-state index >= 15 is 0 Å². The van der Waals surface area contributed by atoms with Crippen LogP contribution in [-0.4, -0.2) is 23.1 Å². The molecule has 3 rings (SSSR count). The maximum atomic E-state index is 6.24. The SMILES string of the molecule is CC1(C(Cc2cc(Cl)cc3c2OCC3)NN)CCCS1. The van der Waals surface area contributed by atoms with Crippen LogP contribution in [0.4, 0.5) is 0 Å². The van der Waals surface area contributed by atoms with Gasteiger partial charge in [-0.3, -0.25) is 11.3 Å². The van der Waals surface area contributed by atoms with Gasteiger partial charge < -0.3 is 4.74 Å². The first kappa shape index (κ1) is 14.5. The molecule has 0 aliphatic carbocycles. The minimum atomic E-state index is 0.197. The van der Waals surface area contributed by atoms with E-state index in [0.29, 0.717) is 0 Å². The van der Waals surface area contributed by atoms with E-state index in [1.807, 2.05) is 23.9 Å². The molecular formula is C15H21ClN2OS. The van der Waals surface area contributed by atoms with Gasteiger partial charge in [0.15, 0.2) is 0 Å². The van der Waals surface area contributed by atoms with Crippen LogP contribution in [0.5, 0.6) is 5.75 Å². The monoisotopic (exact) mass is 312 g/mol. The van der Waals surface area contributed by atoms with Crippen molar-refractivity contribution in [2.45, 2.75) is 43.4 Å². The van der Waals surface area contributed by atoms with Crippen LogP contribution in [0.15, 0.2) is 12.1 Å². The predicted octanol–water partition coefficient (Wildman–Crippen LogP) is 2.94. The van der Waals surface area contributed by atoms with E-state index in [-0.39, 0.29) is 10.8 Å². The van der Waals surface area contributed by atoms with E-state index in [1.165, 1.54) is 29.7 Å². The lowest BCUT2D eigenvalue weighted by Crippen LogP contribution is -2.50. The smallest absolute Gasteiger partial charge is 0.125 e. The Morgan fingerprint density at radius 3 is 3.10 bits per heavy atom. The number of nitrogens with one attached hydrogen (secondary N) is 1. The average molecular weight is 313 g/mol. The molecule has 2 heterocycles. The fraction of sp³-hybridized carbons (Fsp3) is 0.600. The van der Waals surface area contributed by atoms with Crippen molar-refractivity contribution in [1.82, 2.24) is 5.43 Å². The summed E-state index contributed by atoms with van der Waals surface area (Å²) >= 11 is 8.25. The third-order valence-corrected chi connectivity index (χ3v) is 6.30. The number of halogens is 1. The number of fused-ring (bicyclic) bond motifs is 1. The number of hydrazine groups is 1. The van der Waals surface area contributed by atoms with Gasteiger partial charge in [0.05, 0.1) is 6.61 Å². The Labute approximate surface area is 129 Å². The van der Waals surface area contributed by atoms with Gasteiger partial charge in [0.1, 0.15) is 5.75 Å². The van der Waals surface area contributed by atoms with Crippen LogP contribution in [0.25, 0.3) is 0 Å². The van der Waals surface area contributed by atoms with Crippen LogP contribution in [0, 0.1) is 0 Å². The molecule has 5 heteroatoms. The lowest BCUT2D eigenvalue weighted by molar-refractivity contribution is 0.347. The highest BCUT2D eigenvalue weighted by Gasteiger charge is 2.38. The van der Waals surface area contributed by atoms with E-state index < -0.39 is 0 Å². The average Bonchev–Trinajstić information content (AvgIpc) is 3.04. The van der Waals surface area contributed by atoms with Crippen molar-refractivity contribution in [3.63, 3.8) is 0 Å². The van der Waals surface area contributed by atoms with Crippen molar-refractivity contribution in [3.8, 4) is 5.75 Å². The molecule has 110 valence electrons. The van der Waals surface area contributed by atoms with Gasteiger partial charge in [0.25, 0.3) is 0 Å². The Hall–Kier alpha value is -0.420. The molecule has 1 aromatic rings. The minimum absolute atomic E-state index is 0.197. The number of benzene rings is 1. The summed E-state index contributed by atoms with van der Waals surface area (Å²) in [6.07, 6.45) is 4.29. The maximum Gasteiger partial charge on any atom is 0.125 e. The molecule has 0 aromatic heterocycles. The lowest BCUT2D eigenvalue weighted by Gasteiger charge is -2.33. The van der Waals surface area contributed by atoms with Gasteiger partial charge in [-0.15, -0.1) is 0 Å².